The van der Waals surface area contributed by atoms with Crippen LogP contribution in [0.3, 0.4) is 0 Å². The van der Waals surface area contributed by atoms with Crippen LogP contribution in [-0.4, -0.2) is 17.3 Å². The predicted molar refractivity (Wildman–Crippen MR) is 73.6 cm³/mol. The molecule has 18 heavy (non-hydrogen) atoms. The molecule has 5 heteroatoms. The molecule has 0 amide bonds. The van der Waals surface area contributed by atoms with Gasteiger partial charge in [0.05, 0.1) is 16.3 Å². The molecule has 0 atom stereocenters. The van der Waals surface area contributed by atoms with Crippen LogP contribution in [0.15, 0.2) is 16.6 Å². The number of aliphatic hydroxyl groups excluding tert-OH is 1. The molecule has 0 unspecified atom stereocenters. The van der Waals surface area contributed by atoms with Crippen LogP contribution in [-0.2, 0) is 6.54 Å². The molecule has 1 aliphatic carbocycles. The molecule has 0 aliphatic heterocycles. The van der Waals surface area contributed by atoms with Crippen molar-refractivity contribution >= 4 is 21.6 Å². The molecule has 1 aliphatic rings. The van der Waals surface area contributed by atoms with E-state index < -0.39 is 5.82 Å². The van der Waals surface area contributed by atoms with Crippen LogP contribution < -0.4 is 11.1 Å². The lowest BCUT2D eigenvalue weighted by Gasteiger charge is -2.26. The van der Waals surface area contributed by atoms with Gasteiger partial charge in [-0.05, 0) is 53.2 Å². The molecule has 0 aromatic heterocycles. The fraction of sp³-hybridized carbons (Fsp3) is 0.538. The number of anilines is 1. The number of halogens is 2. The quantitative estimate of drug-likeness (QED) is 0.751. The molecule has 0 spiro atoms. The average Bonchev–Trinajstić information content (AvgIpc) is 2.37. The third kappa shape index (κ3) is 3.22. The Bertz CT molecular complexity index is 420. The summed E-state index contributed by atoms with van der Waals surface area (Å²) in [6.45, 7) is 0.566. The van der Waals surface area contributed by atoms with E-state index in [1.54, 1.807) is 6.07 Å². The van der Waals surface area contributed by atoms with Gasteiger partial charge in [0.25, 0.3) is 0 Å². The molecule has 100 valence electrons. The van der Waals surface area contributed by atoms with E-state index in [-0.39, 0.29) is 11.8 Å². The van der Waals surface area contributed by atoms with E-state index in [0.29, 0.717) is 17.1 Å². The smallest absolute Gasteiger partial charge is 0.160 e. The van der Waals surface area contributed by atoms with Gasteiger partial charge in [-0.15, -0.1) is 0 Å². The fourth-order valence-electron chi connectivity index (χ4n) is 2.29. The van der Waals surface area contributed by atoms with Crippen molar-refractivity contribution in [3.8, 4) is 0 Å². The van der Waals surface area contributed by atoms with Gasteiger partial charge >= 0.3 is 0 Å². The van der Waals surface area contributed by atoms with Crippen LogP contribution in [0.4, 0.5) is 10.1 Å². The topological polar surface area (TPSA) is 58.3 Å². The fourth-order valence-corrected chi connectivity index (χ4v) is 2.64. The van der Waals surface area contributed by atoms with E-state index in [9.17, 15) is 9.50 Å². The minimum absolute atomic E-state index is 0.154. The van der Waals surface area contributed by atoms with Gasteiger partial charge in [-0.25, -0.2) is 4.39 Å². The Morgan fingerprint density at radius 2 is 2.00 bits per heavy atom. The number of benzene rings is 1. The minimum Gasteiger partial charge on any atom is -0.396 e. The van der Waals surface area contributed by atoms with Crippen LogP contribution >= 0.6 is 15.9 Å². The number of rotatable bonds is 3. The summed E-state index contributed by atoms with van der Waals surface area (Å²) >= 11 is 3.11. The normalized spacial score (nSPS) is 24.2. The maximum absolute atomic E-state index is 13.6. The number of nitrogens with one attached hydrogen (secondary N) is 1. The third-order valence-electron chi connectivity index (χ3n) is 3.50. The van der Waals surface area contributed by atoms with Crippen LogP contribution in [0.5, 0.6) is 0 Å². The monoisotopic (exact) mass is 316 g/mol. The summed E-state index contributed by atoms with van der Waals surface area (Å²) in [7, 11) is 0. The Balaban J connectivity index is 1.92. The number of nitrogens with two attached hydrogens (primary N) is 1. The summed E-state index contributed by atoms with van der Waals surface area (Å²) in [5.41, 5.74) is 6.72. The summed E-state index contributed by atoms with van der Waals surface area (Å²) in [4.78, 5) is 0. The van der Waals surface area contributed by atoms with Gasteiger partial charge in [-0.2, -0.15) is 0 Å². The first-order chi connectivity index (χ1) is 8.58. The second kappa shape index (κ2) is 5.99. The lowest BCUT2D eigenvalue weighted by Crippen LogP contribution is -2.34. The van der Waals surface area contributed by atoms with E-state index >= 15 is 0 Å². The van der Waals surface area contributed by atoms with Gasteiger partial charge in [-0.1, -0.05) is 6.07 Å². The molecule has 0 heterocycles. The van der Waals surface area contributed by atoms with E-state index in [1.165, 1.54) is 0 Å². The lowest BCUT2D eigenvalue weighted by atomic mass is 9.93. The number of hydrogen-bond donors (Lipinski definition) is 3. The predicted octanol–water partition coefficient (Wildman–Crippen LogP) is 2.56. The summed E-state index contributed by atoms with van der Waals surface area (Å²) < 4.78 is 14.0. The second-order valence-corrected chi connectivity index (χ2v) is 5.67. The van der Waals surface area contributed by atoms with E-state index in [2.05, 4.69) is 21.2 Å². The number of hydrogen-bond acceptors (Lipinski definition) is 3. The van der Waals surface area contributed by atoms with Gasteiger partial charge in [0.2, 0.25) is 0 Å². The Labute approximate surface area is 115 Å². The van der Waals surface area contributed by atoms with Gasteiger partial charge < -0.3 is 16.2 Å². The highest BCUT2D eigenvalue weighted by Gasteiger charge is 2.19. The summed E-state index contributed by atoms with van der Waals surface area (Å²) in [5, 5.41) is 12.8. The lowest BCUT2D eigenvalue weighted by molar-refractivity contribution is 0.116. The largest absolute Gasteiger partial charge is 0.396 e. The minimum atomic E-state index is -0.395. The van der Waals surface area contributed by atoms with Crippen LogP contribution in [0.2, 0.25) is 0 Å². The molecule has 3 nitrogen and oxygen atoms in total. The zero-order valence-corrected chi connectivity index (χ0v) is 11.7. The second-order valence-electron chi connectivity index (χ2n) is 4.82. The van der Waals surface area contributed by atoms with Crippen molar-refractivity contribution in [3.63, 3.8) is 0 Å². The van der Waals surface area contributed by atoms with Gasteiger partial charge in [-0.3, -0.25) is 0 Å². The Morgan fingerprint density at radius 1 is 1.33 bits per heavy atom. The first-order valence-corrected chi connectivity index (χ1v) is 7.01. The highest BCUT2D eigenvalue weighted by Crippen LogP contribution is 2.25. The highest BCUT2D eigenvalue weighted by molar-refractivity contribution is 9.10. The van der Waals surface area contributed by atoms with Gasteiger partial charge in [0, 0.05) is 12.6 Å². The zero-order chi connectivity index (χ0) is 13.1. The molecule has 0 bridgehead atoms. The molecule has 0 radical (unpaired) electrons. The van der Waals surface area contributed by atoms with Crippen LogP contribution in [0.1, 0.15) is 31.2 Å². The molecule has 2 rings (SSSR count). The molecule has 1 aromatic carbocycles. The molecule has 1 aromatic rings. The maximum Gasteiger partial charge on any atom is 0.160 e. The van der Waals surface area contributed by atoms with Crippen LogP contribution in [0, 0.1) is 5.82 Å². The standard InChI is InChI=1S/C13H18BrFN2O/c14-11-6-1-8(13(16)12(11)15)7-17-9-2-4-10(18)5-3-9/h1,6,9-10,17-18H,2-5,7,16H2. The number of nitrogen functional groups attached to an aromatic ring is 1. The molecule has 1 saturated carbocycles. The van der Waals surface area contributed by atoms with Crippen molar-refractivity contribution in [1.82, 2.24) is 5.32 Å². The third-order valence-corrected chi connectivity index (χ3v) is 4.11. The van der Waals surface area contributed by atoms with E-state index in [0.717, 1.165) is 31.2 Å². The summed E-state index contributed by atoms with van der Waals surface area (Å²) in [6, 6.07) is 3.89. The average molecular weight is 317 g/mol. The van der Waals surface area contributed by atoms with Crippen molar-refractivity contribution in [1.29, 1.82) is 0 Å². The van der Waals surface area contributed by atoms with Crippen molar-refractivity contribution in [2.75, 3.05) is 5.73 Å². The molecular weight excluding hydrogens is 299 g/mol. The van der Waals surface area contributed by atoms with E-state index in [1.807, 2.05) is 6.07 Å². The molecular formula is C13H18BrFN2O. The Kier molecular flexibility index (Phi) is 4.59. The van der Waals surface area contributed by atoms with Crippen molar-refractivity contribution in [3.05, 3.63) is 28.0 Å². The SMILES string of the molecule is Nc1c(CNC2CCC(O)CC2)ccc(Br)c1F. The number of aliphatic hydroxyl groups is 1. The van der Waals surface area contributed by atoms with Gasteiger partial charge in [0.15, 0.2) is 5.82 Å². The summed E-state index contributed by atoms with van der Waals surface area (Å²) in [6.07, 6.45) is 3.43. The Hall–Kier alpha value is -0.650. The van der Waals surface area contributed by atoms with Crippen molar-refractivity contribution in [2.24, 2.45) is 0 Å². The highest BCUT2D eigenvalue weighted by atomic mass is 79.9. The first kappa shape index (κ1) is 13.8. The first-order valence-electron chi connectivity index (χ1n) is 6.21. The Morgan fingerprint density at radius 3 is 2.67 bits per heavy atom. The van der Waals surface area contributed by atoms with Crippen molar-refractivity contribution in [2.45, 2.75) is 44.4 Å². The molecule has 1 fully saturated rings. The van der Waals surface area contributed by atoms with E-state index in [4.69, 9.17) is 5.73 Å². The molecule has 0 saturated heterocycles. The molecule has 4 N–H and O–H groups in total. The summed E-state index contributed by atoms with van der Waals surface area (Å²) in [5.74, 6) is -0.395. The maximum atomic E-state index is 13.6. The zero-order valence-electron chi connectivity index (χ0n) is 10.1. The van der Waals surface area contributed by atoms with Crippen LogP contribution in [0.25, 0.3) is 0 Å². The van der Waals surface area contributed by atoms with Crippen molar-refractivity contribution < 1.29 is 9.50 Å². The van der Waals surface area contributed by atoms with Gasteiger partial charge in [0.1, 0.15) is 0 Å².